The van der Waals surface area contributed by atoms with E-state index in [1.165, 1.54) is 12.2 Å². The Balaban J connectivity index is 0.00000162. The van der Waals surface area contributed by atoms with Gasteiger partial charge in [0.2, 0.25) is 5.91 Å². The molecule has 18 heavy (non-hydrogen) atoms. The number of hydroxylamine groups is 2. The van der Waals surface area contributed by atoms with Crippen molar-refractivity contribution in [2.45, 2.75) is 37.5 Å². The molecule has 0 saturated carbocycles. The Hall–Kier alpha value is -0.552. The first-order valence-electron chi connectivity index (χ1n) is 5.57. The van der Waals surface area contributed by atoms with Gasteiger partial charge in [-0.15, -0.1) is 0 Å². The van der Waals surface area contributed by atoms with Gasteiger partial charge in [0.15, 0.2) is 5.78 Å². The minimum atomic E-state index is -1.23. The van der Waals surface area contributed by atoms with Crippen molar-refractivity contribution >= 4 is 11.7 Å². The van der Waals surface area contributed by atoms with E-state index < -0.39 is 23.7 Å². The van der Waals surface area contributed by atoms with Gasteiger partial charge in [-0.25, -0.2) is 5.06 Å². The van der Waals surface area contributed by atoms with E-state index in [1.807, 2.05) is 6.92 Å². The van der Waals surface area contributed by atoms with Gasteiger partial charge in [-0.3, -0.25) is 14.8 Å². The maximum absolute atomic E-state index is 11.6. The van der Waals surface area contributed by atoms with Crippen LogP contribution in [0.2, 0.25) is 0 Å². The molecule has 2 N–H and O–H groups in total. The number of carbonyl (C=O) groups is 2. The average Bonchev–Trinajstić information content (AvgIpc) is 2.32. The second-order valence-corrected chi connectivity index (χ2v) is 4.35. The van der Waals surface area contributed by atoms with E-state index in [4.69, 9.17) is 4.74 Å². The second kappa shape index (κ2) is 5.61. The summed E-state index contributed by atoms with van der Waals surface area (Å²) in [5.41, 5.74) is -1.19. The Morgan fingerprint density at radius 2 is 2.22 bits per heavy atom. The molecule has 6 nitrogen and oxygen atoms in total. The molecule has 1 heterocycles. The quantitative estimate of drug-likeness (QED) is 0.477. The molecular formula is C11H15NO5W. The van der Waals surface area contributed by atoms with Crippen molar-refractivity contribution in [3.63, 3.8) is 0 Å². The Labute approximate surface area is 119 Å². The predicted molar refractivity (Wildman–Crippen MR) is 56.2 cm³/mol. The number of nitrogens with zero attached hydrogens (tertiary/aromatic N) is 1. The van der Waals surface area contributed by atoms with Gasteiger partial charge >= 0.3 is 0 Å². The van der Waals surface area contributed by atoms with Gasteiger partial charge in [-0.05, 0) is 18.6 Å². The fourth-order valence-corrected chi connectivity index (χ4v) is 2.15. The van der Waals surface area contributed by atoms with Crippen LogP contribution in [0.15, 0.2) is 12.2 Å². The topological polar surface area (TPSA) is 87.1 Å². The smallest absolute Gasteiger partial charge is 0.249 e. The largest absolute Gasteiger partial charge is 0.387 e. The van der Waals surface area contributed by atoms with Gasteiger partial charge in [-0.2, -0.15) is 0 Å². The number of ether oxygens (including phenoxy) is 1. The first-order chi connectivity index (χ1) is 8.03. The number of aliphatic hydroxyl groups is 1. The minimum Gasteiger partial charge on any atom is -0.387 e. The fraction of sp³-hybridized carbons (Fsp3) is 0.636. The molecule has 1 spiro atoms. The van der Waals surface area contributed by atoms with E-state index in [9.17, 15) is 19.9 Å². The molecule has 1 saturated heterocycles. The number of β-lactam (4-membered cyclic amide) rings is 1. The Morgan fingerprint density at radius 3 is 2.72 bits per heavy atom. The number of hydrogen-bond donors (Lipinski definition) is 2. The summed E-state index contributed by atoms with van der Waals surface area (Å²) in [5, 5.41) is 20.0. The zero-order chi connectivity index (χ0) is 12.6. The summed E-state index contributed by atoms with van der Waals surface area (Å²) in [6, 6.07) is 0. The van der Waals surface area contributed by atoms with Gasteiger partial charge in [0.1, 0.15) is 17.7 Å². The number of hydrogen-bond acceptors (Lipinski definition) is 5. The number of aliphatic hydroxyl groups excluding tert-OH is 1. The normalized spacial score (nSPS) is 34.5. The molecule has 0 aromatic carbocycles. The van der Waals surface area contributed by atoms with Crippen LogP contribution in [0.25, 0.3) is 0 Å². The molecule has 1 fully saturated rings. The Kier molecular flexibility index (Phi) is 4.83. The summed E-state index contributed by atoms with van der Waals surface area (Å²) in [6.45, 7) is 2.23. The van der Waals surface area contributed by atoms with Crippen molar-refractivity contribution < 1.29 is 45.7 Å². The molecule has 1 aliphatic carbocycles. The van der Waals surface area contributed by atoms with E-state index in [-0.39, 0.29) is 33.3 Å². The molecule has 7 heteroatoms. The number of ketones is 1. The van der Waals surface area contributed by atoms with Crippen LogP contribution in [0.4, 0.5) is 0 Å². The summed E-state index contributed by atoms with van der Waals surface area (Å²) in [7, 11) is 0. The number of amides is 1. The standard InChI is InChI=1S/C11H15NO5.W/c1-2-5-17-9-7(13)3-4-11(10(9)15)6-8(14)12(11)16;/h3-4,9-10,15-16H,2,5-6H2,1H3;/t9-,10-,11?;/m1./s1. The van der Waals surface area contributed by atoms with Crippen LogP contribution in [-0.2, 0) is 35.4 Å². The Morgan fingerprint density at radius 1 is 1.56 bits per heavy atom. The van der Waals surface area contributed by atoms with E-state index in [0.717, 1.165) is 6.42 Å². The van der Waals surface area contributed by atoms with Crippen molar-refractivity contribution in [1.82, 2.24) is 5.06 Å². The molecule has 100 valence electrons. The van der Waals surface area contributed by atoms with Gasteiger partial charge < -0.3 is 9.84 Å². The monoisotopic (exact) mass is 425 g/mol. The molecular weight excluding hydrogens is 410 g/mol. The summed E-state index contributed by atoms with van der Waals surface area (Å²) in [6.07, 6.45) is 1.09. The summed E-state index contributed by atoms with van der Waals surface area (Å²) in [4.78, 5) is 22.6. The molecule has 3 atom stereocenters. The molecule has 1 amide bonds. The van der Waals surface area contributed by atoms with Crippen molar-refractivity contribution in [1.29, 1.82) is 0 Å². The third-order valence-corrected chi connectivity index (χ3v) is 3.18. The van der Waals surface area contributed by atoms with E-state index in [1.54, 1.807) is 0 Å². The van der Waals surface area contributed by atoms with Crippen molar-refractivity contribution in [3.8, 4) is 0 Å². The zero-order valence-corrected chi connectivity index (χ0v) is 12.8. The summed E-state index contributed by atoms with van der Waals surface area (Å²) in [5.74, 6) is -0.818. The predicted octanol–water partition coefficient (Wildman–Crippen LogP) is -0.361. The zero-order valence-electron chi connectivity index (χ0n) is 9.91. The van der Waals surface area contributed by atoms with Gasteiger partial charge in [0, 0.05) is 27.7 Å². The molecule has 0 aromatic heterocycles. The average molecular weight is 425 g/mol. The van der Waals surface area contributed by atoms with Gasteiger partial charge in [-0.1, -0.05) is 6.92 Å². The van der Waals surface area contributed by atoms with Crippen LogP contribution < -0.4 is 0 Å². The molecule has 0 radical (unpaired) electrons. The number of rotatable bonds is 3. The van der Waals surface area contributed by atoms with Crippen molar-refractivity contribution in [2.75, 3.05) is 6.61 Å². The third-order valence-electron chi connectivity index (χ3n) is 3.18. The van der Waals surface area contributed by atoms with Crippen LogP contribution in [0.1, 0.15) is 19.8 Å². The van der Waals surface area contributed by atoms with E-state index >= 15 is 0 Å². The first kappa shape index (κ1) is 15.5. The van der Waals surface area contributed by atoms with Crippen molar-refractivity contribution in [3.05, 3.63) is 12.2 Å². The third kappa shape index (κ3) is 2.18. The van der Waals surface area contributed by atoms with Crippen LogP contribution in [0.5, 0.6) is 0 Å². The maximum atomic E-state index is 11.6. The van der Waals surface area contributed by atoms with Crippen LogP contribution in [-0.4, -0.2) is 51.4 Å². The molecule has 2 aliphatic rings. The molecule has 1 aliphatic heterocycles. The molecule has 1 unspecified atom stereocenters. The summed E-state index contributed by atoms with van der Waals surface area (Å²) < 4.78 is 5.27. The van der Waals surface area contributed by atoms with Crippen LogP contribution >= 0.6 is 0 Å². The van der Waals surface area contributed by atoms with E-state index in [0.29, 0.717) is 11.7 Å². The second-order valence-electron chi connectivity index (χ2n) is 4.35. The van der Waals surface area contributed by atoms with Crippen LogP contribution in [0, 0.1) is 0 Å². The van der Waals surface area contributed by atoms with Crippen molar-refractivity contribution in [2.24, 2.45) is 0 Å². The molecule has 2 rings (SSSR count). The number of carbonyl (C=O) groups excluding carboxylic acids is 2. The minimum absolute atomic E-state index is 0. The Bertz CT molecular complexity index is 386. The van der Waals surface area contributed by atoms with Gasteiger partial charge in [0.05, 0.1) is 6.42 Å². The SMILES string of the molecule is CCCO[C@@H]1C(=O)C=CC2(CC(=O)N2O)[C@@H]1O.[W]. The van der Waals surface area contributed by atoms with E-state index in [2.05, 4.69) is 0 Å². The summed E-state index contributed by atoms with van der Waals surface area (Å²) >= 11 is 0. The fourth-order valence-electron chi connectivity index (χ4n) is 2.15. The van der Waals surface area contributed by atoms with Crippen LogP contribution in [0.3, 0.4) is 0 Å². The maximum Gasteiger partial charge on any atom is 0.249 e. The molecule has 0 bridgehead atoms. The molecule has 0 aromatic rings. The van der Waals surface area contributed by atoms with Gasteiger partial charge in [0.25, 0.3) is 0 Å². The first-order valence-corrected chi connectivity index (χ1v) is 5.57.